The van der Waals surface area contributed by atoms with E-state index in [1.807, 2.05) is 6.07 Å². The predicted molar refractivity (Wildman–Crippen MR) is 58.9 cm³/mol. The maximum atomic E-state index is 10.6. The van der Waals surface area contributed by atoms with Gasteiger partial charge in [-0.3, -0.25) is 0 Å². The summed E-state index contributed by atoms with van der Waals surface area (Å²) in [6.45, 7) is 1.55. The lowest BCUT2D eigenvalue weighted by atomic mass is 9.96. The Balaban J connectivity index is 2.20. The minimum Gasteiger partial charge on any atom is -0.382 e. The van der Waals surface area contributed by atoms with Crippen LogP contribution in [0, 0.1) is 0 Å². The zero-order chi connectivity index (χ0) is 10.9. The van der Waals surface area contributed by atoms with Crippen LogP contribution in [0.3, 0.4) is 0 Å². The van der Waals surface area contributed by atoms with Crippen LogP contribution in [0.1, 0.15) is 30.0 Å². The Hall–Kier alpha value is -1.15. The molecule has 1 aromatic carbocycles. The number of benzene rings is 1. The van der Waals surface area contributed by atoms with E-state index in [1.54, 1.807) is 6.92 Å². The molecule has 15 heavy (non-hydrogen) atoms. The van der Waals surface area contributed by atoms with E-state index in [0.717, 1.165) is 12.0 Å². The number of fused-ring (bicyclic) bond motifs is 1. The van der Waals surface area contributed by atoms with Crippen LogP contribution in [0.4, 0.5) is 0 Å². The number of carbonyl (C=O) groups excluding carboxylic acids is 1. The highest BCUT2D eigenvalue weighted by molar-refractivity contribution is 5.62. The van der Waals surface area contributed by atoms with Crippen LogP contribution in [-0.2, 0) is 24.1 Å². The predicted octanol–water partition coefficient (Wildman–Crippen LogP) is 1.67. The summed E-state index contributed by atoms with van der Waals surface area (Å²) in [5, 5.41) is 9.66. The molecule has 1 atom stereocenters. The molecule has 2 nitrogen and oxygen atoms in total. The highest BCUT2D eigenvalue weighted by atomic mass is 16.3. The maximum Gasteiger partial charge on any atom is 0.151 e. The summed E-state index contributed by atoms with van der Waals surface area (Å²) in [6.07, 6.45) is 4.54. The molecule has 0 fully saturated rings. The minimum atomic E-state index is -1.23. The number of carbonyl (C=O) groups is 1. The van der Waals surface area contributed by atoms with E-state index in [1.165, 1.54) is 24.0 Å². The van der Waals surface area contributed by atoms with Gasteiger partial charge in [0.15, 0.2) is 6.29 Å². The standard InChI is InChI=1S/C13H16O2/c1-13(15,9-14)8-10-5-6-11-3-2-4-12(11)7-10/h5-7,9,15H,2-4,8H2,1H3. The summed E-state index contributed by atoms with van der Waals surface area (Å²) < 4.78 is 0. The van der Waals surface area contributed by atoms with Crippen LogP contribution < -0.4 is 0 Å². The van der Waals surface area contributed by atoms with E-state index in [4.69, 9.17) is 0 Å². The number of aryl methyl sites for hydroxylation is 2. The lowest BCUT2D eigenvalue weighted by Crippen LogP contribution is -2.28. The average molecular weight is 204 g/mol. The van der Waals surface area contributed by atoms with Gasteiger partial charge in [-0.05, 0) is 42.9 Å². The Kier molecular flexibility index (Phi) is 2.61. The van der Waals surface area contributed by atoms with Crippen molar-refractivity contribution in [3.8, 4) is 0 Å². The molecule has 1 aromatic rings. The van der Waals surface area contributed by atoms with Gasteiger partial charge in [0.1, 0.15) is 5.60 Å². The van der Waals surface area contributed by atoms with E-state index in [9.17, 15) is 9.90 Å². The molecular weight excluding hydrogens is 188 g/mol. The van der Waals surface area contributed by atoms with Crippen LogP contribution in [0.2, 0.25) is 0 Å². The Labute approximate surface area is 89.9 Å². The van der Waals surface area contributed by atoms with Crippen LogP contribution in [0.25, 0.3) is 0 Å². The molecule has 2 rings (SSSR count). The summed E-state index contributed by atoms with van der Waals surface area (Å²) in [5.74, 6) is 0. The Bertz CT molecular complexity index is 380. The zero-order valence-electron chi connectivity index (χ0n) is 8.99. The molecule has 1 aliphatic carbocycles. The summed E-state index contributed by atoms with van der Waals surface area (Å²) in [6, 6.07) is 6.26. The van der Waals surface area contributed by atoms with Crippen molar-refractivity contribution in [2.24, 2.45) is 0 Å². The second-order valence-electron chi connectivity index (χ2n) is 4.61. The average Bonchev–Trinajstić information content (AvgIpc) is 2.64. The van der Waals surface area contributed by atoms with E-state index in [-0.39, 0.29) is 0 Å². The molecule has 80 valence electrons. The van der Waals surface area contributed by atoms with Gasteiger partial charge in [0, 0.05) is 6.42 Å². The van der Waals surface area contributed by atoms with Crippen molar-refractivity contribution in [1.82, 2.24) is 0 Å². The highest BCUT2D eigenvalue weighted by Crippen LogP contribution is 2.24. The molecule has 1 N–H and O–H groups in total. The highest BCUT2D eigenvalue weighted by Gasteiger charge is 2.20. The van der Waals surface area contributed by atoms with Crippen molar-refractivity contribution in [2.45, 2.75) is 38.2 Å². The maximum absolute atomic E-state index is 10.6. The summed E-state index contributed by atoms with van der Waals surface area (Å²) in [7, 11) is 0. The fourth-order valence-electron chi connectivity index (χ4n) is 2.19. The van der Waals surface area contributed by atoms with Gasteiger partial charge in [-0.25, -0.2) is 0 Å². The molecule has 1 unspecified atom stereocenters. The first-order valence-electron chi connectivity index (χ1n) is 5.40. The number of hydrogen-bond donors (Lipinski definition) is 1. The number of hydrogen-bond acceptors (Lipinski definition) is 2. The normalized spacial score (nSPS) is 18.3. The van der Waals surface area contributed by atoms with E-state index >= 15 is 0 Å². The monoisotopic (exact) mass is 204 g/mol. The van der Waals surface area contributed by atoms with Crippen molar-refractivity contribution in [1.29, 1.82) is 0 Å². The fourth-order valence-corrected chi connectivity index (χ4v) is 2.19. The third-order valence-corrected chi connectivity index (χ3v) is 2.98. The molecule has 2 heteroatoms. The quantitative estimate of drug-likeness (QED) is 0.760. The lowest BCUT2D eigenvalue weighted by molar-refractivity contribution is -0.122. The number of aldehydes is 1. The third kappa shape index (κ3) is 2.26. The lowest BCUT2D eigenvalue weighted by Gasteiger charge is -2.16. The molecular formula is C13H16O2. The number of rotatable bonds is 3. The molecule has 0 radical (unpaired) electrons. The first-order valence-corrected chi connectivity index (χ1v) is 5.40. The van der Waals surface area contributed by atoms with Crippen LogP contribution in [-0.4, -0.2) is 17.0 Å². The summed E-state index contributed by atoms with van der Waals surface area (Å²) in [5.41, 5.74) is 2.62. The zero-order valence-corrected chi connectivity index (χ0v) is 8.99. The van der Waals surface area contributed by atoms with Gasteiger partial charge in [-0.15, -0.1) is 0 Å². The van der Waals surface area contributed by atoms with E-state index < -0.39 is 5.60 Å². The molecule has 0 saturated heterocycles. The first-order chi connectivity index (χ1) is 7.11. The van der Waals surface area contributed by atoms with Gasteiger partial charge in [-0.2, -0.15) is 0 Å². The van der Waals surface area contributed by atoms with Crippen molar-refractivity contribution in [3.63, 3.8) is 0 Å². The first kappa shape index (κ1) is 10.4. The van der Waals surface area contributed by atoms with Crippen molar-refractivity contribution in [2.75, 3.05) is 0 Å². The summed E-state index contributed by atoms with van der Waals surface area (Å²) in [4.78, 5) is 10.6. The van der Waals surface area contributed by atoms with E-state index in [2.05, 4.69) is 12.1 Å². The van der Waals surface area contributed by atoms with Crippen molar-refractivity contribution < 1.29 is 9.90 Å². The van der Waals surface area contributed by atoms with Gasteiger partial charge in [0.25, 0.3) is 0 Å². The minimum absolute atomic E-state index is 0.407. The van der Waals surface area contributed by atoms with E-state index in [0.29, 0.717) is 12.7 Å². The van der Waals surface area contributed by atoms with Crippen molar-refractivity contribution in [3.05, 3.63) is 34.9 Å². The largest absolute Gasteiger partial charge is 0.382 e. The molecule has 0 aliphatic heterocycles. The topological polar surface area (TPSA) is 37.3 Å². The molecule has 0 saturated carbocycles. The fraction of sp³-hybridized carbons (Fsp3) is 0.462. The Morgan fingerprint density at radius 3 is 2.87 bits per heavy atom. The smallest absolute Gasteiger partial charge is 0.151 e. The second-order valence-corrected chi connectivity index (χ2v) is 4.61. The van der Waals surface area contributed by atoms with Gasteiger partial charge in [0.05, 0.1) is 0 Å². The third-order valence-electron chi connectivity index (χ3n) is 2.98. The van der Waals surface area contributed by atoms with Crippen molar-refractivity contribution >= 4 is 6.29 Å². The van der Waals surface area contributed by atoms with Gasteiger partial charge < -0.3 is 9.90 Å². The van der Waals surface area contributed by atoms with Gasteiger partial charge in [-0.1, -0.05) is 18.2 Å². The molecule has 0 aromatic heterocycles. The molecule has 0 heterocycles. The molecule has 0 amide bonds. The number of aliphatic hydroxyl groups is 1. The Morgan fingerprint density at radius 1 is 1.40 bits per heavy atom. The summed E-state index contributed by atoms with van der Waals surface area (Å²) >= 11 is 0. The van der Waals surface area contributed by atoms with Crippen LogP contribution in [0.15, 0.2) is 18.2 Å². The van der Waals surface area contributed by atoms with Crippen LogP contribution in [0.5, 0.6) is 0 Å². The van der Waals surface area contributed by atoms with Gasteiger partial charge >= 0.3 is 0 Å². The molecule has 1 aliphatic rings. The van der Waals surface area contributed by atoms with Crippen LogP contribution >= 0.6 is 0 Å². The molecule has 0 spiro atoms. The Morgan fingerprint density at radius 2 is 2.13 bits per heavy atom. The SMILES string of the molecule is CC(O)(C=O)Cc1ccc2c(c1)CCC2. The second kappa shape index (κ2) is 3.78. The molecule has 0 bridgehead atoms. The van der Waals surface area contributed by atoms with Gasteiger partial charge in [0.2, 0.25) is 0 Å².